The van der Waals surface area contributed by atoms with Gasteiger partial charge in [0.15, 0.2) is 5.96 Å². The van der Waals surface area contributed by atoms with Crippen LogP contribution in [0.4, 0.5) is 0 Å². The van der Waals surface area contributed by atoms with Crippen LogP contribution in [0.25, 0.3) is 0 Å². The molecule has 0 amide bonds. The lowest BCUT2D eigenvalue weighted by molar-refractivity contribution is 0.122. The summed E-state index contributed by atoms with van der Waals surface area (Å²) < 4.78 is 0. The molecule has 0 unspecified atom stereocenters. The molecule has 3 heteroatoms. The van der Waals surface area contributed by atoms with Gasteiger partial charge in [-0.1, -0.05) is 72.1 Å². The number of hydrogen-bond donors (Lipinski definition) is 0. The number of nitrogens with zero attached hydrogens (tertiary/aromatic N) is 3. The van der Waals surface area contributed by atoms with E-state index in [4.69, 9.17) is 4.99 Å². The highest BCUT2D eigenvalue weighted by Gasteiger charge is 2.46. The van der Waals surface area contributed by atoms with Crippen LogP contribution in [0, 0.1) is 29.1 Å². The Balaban J connectivity index is 1.25. The van der Waals surface area contributed by atoms with E-state index in [2.05, 4.69) is 30.6 Å². The van der Waals surface area contributed by atoms with Crippen LogP contribution >= 0.6 is 0 Å². The van der Waals surface area contributed by atoms with Crippen LogP contribution in [0.1, 0.15) is 117 Å². The van der Waals surface area contributed by atoms with Crippen LogP contribution in [-0.2, 0) is 0 Å². The zero-order valence-corrected chi connectivity index (χ0v) is 21.5. The molecule has 2 atom stereocenters. The SMILES string of the molecule is CC(C)(C)C1CCC(CN2C3=NC[C@@H](CC4CCCCC4)N3C[C@H]2C2CCCCC2)CC1. The van der Waals surface area contributed by atoms with Crippen molar-refractivity contribution in [1.29, 1.82) is 0 Å². The van der Waals surface area contributed by atoms with E-state index in [-0.39, 0.29) is 0 Å². The smallest absolute Gasteiger partial charge is 0.197 e. The lowest BCUT2D eigenvalue weighted by Gasteiger charge is -2.40. The van der Waals surface area contributed by atoms with Crippen LogP contribution < -0.4 is 0 Å². The second-order valence-electron chi connectivity index (χ2n) is 13.4. The molecule has 2 heterocycles. The second kappa shape index (κ2) is 9.87. The monoisotopic (exact) mass is 441 g/mol. The Morgan fingerprint density at radius 3 is 2.09 bits per heavy atom. The molecule has 182 valence electrons. The highest BCUT2D eigenvalue weighted by molar-refractivity contribution is 5.84. The minimum absolute atomic E-state index is 0.488. The van der Waals surface area contributed by atoms with Crippen molar-refractivity contribution < 1.29 is 0 Å². The number of fused-ring (bicyclic) bond motifs is 1. The van der Waals surface area contributed by atoms with Gasteiger partial charge < -0.3 is 9.80 Å². The van der Waals surface area contributed by atoms with Crippen LogP contribution in [0.5, 0.6) is 0 Å². The molecule has 3 nitrogen and oxygen atoms in total. The summed E-state index contributed by atoms with van der Waals surface area (Å²) >= 11 is 0. The van der Waals surface area contributed by atoms with Crippen molar-refractivity contribution in [3.05, 3.63) is 0 Å². The molecular formula is C29H51N3. The van der Waals surface area contributed by atoms with E-state index < -0.39 is 0 Å². The maximum atomic E-state index is 5.26. The molecule has 0 aromatic rings. The van der Waals surface area contributed by atoms with Gasteiger partial charge in [-0.05, 0) is 74.0 Å². The molecule has 4 fully saturated rings. The van der Waals surface area contributed by atoms with Gasteiger partial charge in [0.2, 0.25) is 0 Å². The Bertz CT molecular complexity index is 629. The highest BCUT2D eigenvalue weighted by Crippen LogP contribution is 2.42. The predicted octanol–water partition coefficient (Wildman–Crippen LogP) is 7.11. The third kappa shape index (κ3) is 5.02. The van der Waals surface area contributed by atoms with E-state index in [9.17, 15) is 0 Å². The Labute approximate surface area is 198 Å². The van der Waals surface area contributed by atoms with Crippen molar-refractivity contribution in [2.24, 2.45) is 34.1 Å². The zero-order chi connectivity index (χ0) is 22.1. The van der Waals surface area contributed by atoms with Crippen molar-refractivity contribution in [3.8, 4) is 0 Å². The number of guanidine groups is 1. The summed E-state index contributed by atoms with van der Waals surface area (Å²) in [7, 11) is 0. The molecule has 1 saturated heterocycles. The van der Waals surface area contributed by atoms with Gasteiger partial charge in [-0.15, -0.1) is 0 Å². The quantitative estimate of drug-likeness (QED) is 0.452. The fourth-order valence-corrected chi connectivity index (χ4v) is 8.11. The number of rotatable bonds is 5. The second-order valence-corrected chi connectivity index (χ2v) is 13.4. The first-order valence-corrected chi connectivity index (χ1v) is 14.6. The molecule has 0 spiro atoms. The van der Waals surface area contributed by atoms with Crippen molar-refractivity contribution >= 4 is 5.96 Å². The molecule has 5 rings (SSSR count). The van der Waals surface area contributed by atoms with Crippen molar-refractivity contribution in [1.82, 2.24) is 9.80 Å². The van der Waals surface area contributed by atoms with E-state index in [0.29, 0.717) is 11.5 Å². The zero-order valence-electron chi connectivity index (χ0n) is 21.5. The van der Waals surface area contributed by atoms with Crippen molar-refractivity contribution in [2.45, 2.75) is 129 Å². The van der Waals surface area contributed by atoms with Crippen molar-refractivity contribution in [2.75, 3.05) is 19.6 Å². The first-order valence-electron chi connectivity index (χ1n) is 14.6. The fraction of sp³-hybridized carbons (Fsp3) is 0.966. The summed E-state index contributed by atoms with van der Waals surface area (Å²) in [5.74, 6) is 5.13. The molecule has 3 aliphatic carbocycles. The third-order valence-electron chi connectivity index (χ3n) is 10.2. The molecular weight excluding hydrogens is 390 g/mol. The summed E-state index contributed by atoms with van der Waals surface area (Å²) in [6.45, 7) is 11.0. The van der Waals surface area contributed by atoms with Gasteiger partial charge in [0, 0.05) is 13.1 Å². The number of aliphatic imine (C=N–C) groups is 1. The van der Waals surface area contributed by atoms with Gasteiger partial charge in [-0.2, -0.15) is 0 Å². The summed E-state index contributed by atoms with van der Waals surface area (Å²) in [6.07, 6.45) is 21.9. The Morgan fingerprint density at radius 1 is 0.781 bits per heavy atom. The van der Waals surface area contributed by atoms with Crippen LogP contribution in [0.15, 0.2) is 4.99 Å². The predicted molar refractivity (Wildman–Crippen MR) is 136 cm³/mol. The minimum Gasteiger partial charge on any atom is -0.338 e. The maximum absolute atomic E-state index is 5.26. The summed E-state index contributed by atoms with van der Waals surface area (Å²) in [5, 5.41) is 0. The van der Waals surface area contributed by atoms with Gasteiger partial charge >= 0.3 is 0 Å². The van der Waals surface area contributed by atoms with E-state index in [1.807, 2.05) is 0 Å². The first-order chi connectivity index (χ1) is 15.5. The standard InChI is InChI=1S/C29H51N3/c1-29(2,3)25-16-14-23(15-17-25)20-32-27(24-12-8-5-9-13-24)21-31-26(19-30-28(31)32)18-22-10-6-4-7-11-22/h22-27H,4-21H2,1-3H3/t23?,25?,26-,27+/m1/s1. The summed E-state index contributed by atoms with van der Waals surface area (Å²) in [6, 6.07) is 1.46. The first kappa shape index (κ1) is 23.0. The third-order valence-corrected chi connectivity index (χ3v) is 10.2. The van der Waals surface area contributed by atoms with E-state index in [1.54, 1.807) is 0 Å². The van der Waals surface area contributed by atoms with Gasteiger partial charge in [-0.25, -0.2) is 0 Å². The average molecular weight is 442 g/mol. The van der Waals surface area contributed by atoms with E-state index in [0.717, 1.165) is 36.3 Å². The Hall–Kier alpha value is -0.730. The molecule has 0 bridgehead atoms. The Kier molecular flexibility index (Phi) is 7.10. The van der Waals surface area contributed by atoms with Gasteiger partial charge in [0.05, 0.1) is 18.6 Å². The van der Waals surface area contributed by atoms with Crippen LogP contribution in [0.2, 0.25) is 0 Å². The van der Waals surface area contributed by atoms with Gasteiger partial charge in [0.25, 0.3) is 0 Å². The fourth-order valence-electron chi connectivity index (χ4n) is 8.11. The van der Waals surface area contributed by atoms with Gasteiger partial charge in [0.1, 0.15) is 0 Å². The van der Waals surface area contributed by atoms with E-state index >= 15 is 0 Å². The molecule has 3 saturated carbocycles. The van der Waals surface area contributed by atoms with Crippen LogP contribution in [0.3, 0.4) is 0 Å². The molecule has 0 radical (unpaired) electrons. The largest absolute Gasteiger partial charge is 0.338 e. The minimum atomic E-state index is 0.488. The summed E-state index contributed by atoms with van der Waals surface area (Å²) in [5.41, 5.74) is 0.488. The number of hydrogen-bond acceptors (Lipinski definition) is 3. The lowest BCUT2D eigenvalue weighted by atomic mass is 9.69. The van der Waals surface area contributed by atoms with Gasteiger partial charge in [-0.3, -0.25) is 4.99 Å². The topological polar surface area (TPSA) is 18.8 Å². The molecule has 0 aromatic carbocycles. The van der Waals surface area contributed by atoms with E-state index in [1.165, 1.54) is 115 Å². The molecule has 0 N–H and O–H groups in total. The lowest BCUT2D eigenvalue weighted by Crippen LogP contribution is -2.43. The molecule has 5 aliphatic rings. The highest BCUT2D eigenvalue weighted by atomic mass is 15.5. The molecule has 2 aliphatic heterocycles. The normalized spacial score (nSPS) is 35.3. The molecule has 0 aromatic heterocycles. The summed E-state index contributed by atoms with van der Waals surface area (Å²) in [4.78, 5) is 10.9. The Morgan fingerprint density at radius 2 is 1.44 bits per heavy atom. The molecule has 32 heavy (non-hydrogen) atoms. The van der Waals surface area contributed by atoms with Crippen LogP contribution in [-0.4, -0.2) is 47.5 Å². The maximum Gasteiger partial charge on any atom is 0.197 e. The van der Waals surface area contributed by atoms with Crippen molar-refractivity contribution in [3.63, 3.8) is 0 Å². The average Bonchev–Trinajstić information content (AvgIpc) is 3.35.